The zero-order valence-corrected chi connectivity index (χ0v) is 11.6. The van der Waals surface area contributed by atoms with Gasteiger partial charge in [-0.2, -0.15) is 0 Å². The van der Waals surface area contributed by atoms with Crippen LogP contribution in [0, 0.1) is 10.1 Å². The van der Waals surface area contributed by atoms with E-state index in [0.717, 1.165) is 15.7 Å². The molecule has 0 saturated heterocycles. The van der Waals surface area contributed by atoms with Crippen LogP contribution < -0.4 is 5.73 Å². The summed E-state index contributed by atoms with van der Waals surface area (Å²) in [6, 6.07) is 13.7. The average Bonchev–Trinajstić information content (AvgIpc) is 2.47. The first-order valence-corrected chi connectivity index (χ1v) is 6.88. The minimum absolute atomic E-state index is 0.127. The summed E-state index contributed by atoms with van der Waals surface area (Å²) in [6.45, 7) is 0. The second kappa shape index (κ2) is 5.37. The van der Waals surface area contributed by atoms with E-state index in [2.05, 4.69) is 9.97 Å². The number of rotatable bonds is 3. The Morgan fingerprint density at radius 3 is 2.62 bits per heavy atom. The number of hydrogen-bond donors (Lipinski definition) is 1. The highest BCUT2D eigenvalue weighted by Crippen LogP contribution is 2.36. The summed E-state index contributed by atoms with van der Waals surface area (Å²) >= 11 is 1.20. The Kier molecular flexibility index (Phi) is 3.41. The van der Waals surface area contributed by atoms with Crippen molar-refractivity contribution in [3.63, 3.8) is 0 Å². The summed E-state index contributed by atoms with van der Waals surface area (Å²) in [5.74, 6) is -0.127. The molecule has 0 amide bonds. The van der Waals surface area contributed by atoms with E-state index in [9.17, 15) is 10.1 Å². The van der Waals surface area contributed by atoms with Gasteiger partial charge in [0, 0.05) is 4.90 Å². The molecule has 0 aliphatic heterocycles. The zero-order valence-electron chi connectivity index (χ0n) is 10.8. The molecule has 6 nitrogen and oxygen atoms in total. The van der Waals surface area contributed by atoms with E-state index in [1.807, 2.05) is 42.5 Å². The monoisotopic (exact) mass is 298 g/mol. The first-order chi connectivity index (χ1) is 10.1. The van der Waals surface area contributed by atoms with Crippen LogP contribution in [0.15, 0.2) is 58.7 Å². The standard InChI is InChI=1S/C14H10N4O2S/c15-13-12(18(19)20)14(17-8-16-13)21-11-6-5-9-3-1-2-4-10(9)7-11/h1-8H,(H2,15,16,17). The molecule has 0 aliphatic carbocycles. The van der Waals surface area contributed by atoms with Gasteiger partial charge >= 0.3 is 5.69 Å². The Morgan fingerprint density at radius 2 is 1.86 bits per heavy atom. The summed E-state index contributed by atoms with van der Waals surface area (Å²) < 4.78 is 0. The van der Waals surface area contributed by atoms with Crippen LogP contribution in [0.3, 0.4) is 0 Å². The van der Waals surface area contributed by atoms with E-state index < -0.39 is 4.92 Å². The highest BCUT2D eigenvalue weighted by Gasteiger charge is 2.21. The number of nitrogen functional groups attached to an aromatic ring is 1. The maximum Gasteiger partial charge on any atom is 0.343 e. The Balaban J connectivity index is 2.02. The van der Waals surface area contributed by atoms with Crippen LogP contribution in [0.2, 0.25) is 0 Å². The van der Waals surface area contributed by atoms with Gasteiger partial charge in [0.2, 0.25) is 5.82 Å². The number of nitro groups is 1. The van der Waals surface area contributed by atoms with Crippen LogP contribution >= 0.6 is 11.8 Å². The Labute approximate surface area is 124 Å². The third-order valence-corrected chi connectivity index (χ3v) is 3.92. The minimum atomic E-state index is -0.557. The van der Waals surface area contributed by atoms with Gasteiger partial charge in [-0.1, -0.05) is 42.1 Å². The number of nitrogens with zero attached hydrogens (tertiary/aromatic N) is 3. The van der Waals surface area contributed by atoms with E-state index in [-0.39, 0.29) is 16.5 Å². The van der Waals surface area contributed by atoms with Crippen molar-refractivity contribution in [3.05, 3.63) is 58.9 Å². The highest BCUT2D eigenvalue weighted by molar-refractivity contribution is 7.99. The first kappa shape index (κ1) is 13.3. The van der Waals surface area contributed by atoms with Gasteiger partial charge in [0.25, 0.3) is 0 Å². The van der Waals surface area contributed by atoms with Crippen molar-refractivity contribution in [2.75, 3.05) is 5.73 Å². The highest BCUT2D eigenvalue weighted by atomic mass is 32.2. The molecule has 0 bridgehead atoms. The van der Waals surface area contributed by atoms with E-state index >= 15 is 0 Å². The lowest BCUT2D eigenvalue weighted by Gasteiger charge is -2.04. The van der Waals surface area contributed by atoms with Crippen LogP contribution in [0.1, 0.15) is 0 Å². The van der Waals surface area contributed by atoms with Crippen LogP contribution in [0.5, 0.6) is 0 Å². The molecular formula is C14H10N4O2S. The summed E-state index contributed by atoms with van der Waals surface area (Å²) in [7, 11) is 0. The van der Waals surface area contributed by atoms with E-state index in [4.69, 9.17) is 5.73 Å². The molecule has 2 N–H and O–H groups in total. The zero-order chi connectivity index (χ0) is 14.8. The molecule has 21 heavy (non-hydrogen) atoms. The fourth-order valence-electron chi connectivity index (χ4n) is 1.96. The SMILES string of the molecule is Nc1ncnc(Sc2ccc3ccccc3c2)c1[N+](=O)[O-]. The van der Waals surface area contributed by atoms with Crippen molar-refractivity contribution in [3.8, 4) is 0 Å². The quantitative estimate of drug-likeness (QED) is 0.453. The molecule has 0 radical (unpaired) electrons. The fourth-order valence-corrected chi connectivity index (χ4v) is 2.89. The maximum atomic E-state index is 11.1. The minimum Gasteiger partial charge on any atom is -0.378 e. The number of anilines is 1. The summed E-state index contributed by atoms with van der Waals surface area (Å²) in [5, 5.41) is 13.5. The Hall–Kier alpha value is -2.67. The van der Waals surface area contributed by atoms with Crippen molar-refractivity contribution >= 4 is 34.0 Å². The van der Waals surface area contributed by atoms with Gasteiger partial charge < -0.3 is 5.73 Å². The largest absolute Gasteiger partial charge is 0.378 e. The summed E-state index contributed by atoms with van der Waals surface area (Å²) in [4.78, 5) is 19.0. The number of hydrogen-bond acceptors (Lipinski definition) is 6. The van der Waals surface area contributed by atoms with E-state index in [1.54, 1.807) is 0 Å². The molecule has 104 valence electrons. The van der Waals surface area contributed by atoms with E-state index in [0.29, 0.717) is 0 Å². The van der Waals surface area contributed by atoms with Gasteiger partial charge in [0.1, 0.15) is 6.33 Å². The van der Waals surface area contributed by atoms with Gasteiger partial charge in [-0.25, -0.2) is 9.97 Å². The second-order valence-electron chi connectivity index (χ2n) is 4.28. The lowest BCUT2D eigenvalue weighted by Crippen LogP contribution is -2.01. The van der Waals surface area contributed by atoms with Crippen LogP contribution in [0.25, 0.3) is 10.8 Å². The Morgan fingerprint density at radius 1 is 1.10 bits per heavy atom. The van der Waals surface area contributed by atoms with Crippen molar-refractivity contribution in [2.24, 2.45) is 0 Å². The first-order valence-electron chi connectivity index (χ1n) is 6.06. The molecule has 0 fully saturated rings. The second-order valence-corrected chi connectivity index (χ2v) is 5.34. The lowest BCUT2D eigenvalue weighted by atomic mass is 10.1. The lowest BCUT2D eigenvalue weighted by molar-refractivity contribution is -0.387. The van der Waals surface area contributed by atoms with Gasteiger partial charge in [-0.3, -0.25) is 10.1 Å². The molecule has 0 unspecified atom stereocenters. The molecule has 1 aromatic heterocycles. The van der Waals surface area contributed by atoms with Crippen molar-refractivity contribution in [1.82, 2.24) is 9.97 Å². The molecule has 2 aromatic carbocycles. The van der Waals surface area contributed by atoms with Gasteiger partial charge in [-0.05, 0) is 22.9 Å². The molecule has 1 heterocycles. The Bertz CT molecular complexity index is 838. The smallest absolute Gasteiger partial charge is 0.343 e. The molecule has 0 atom stereocenters. The third kappa shape index (κ3) is 2.63. The van der Waals surface area contributed by atoms with Crippen LogP contribution in [-0.2, 0) is 0 Å². The van der Waals surface area contributed by atoms with E-state index in [1.165, 1.54) is 18.1 Å². The third-order valence-electron chi connectivity index (χ3n) is 2.94. The number of aromatic nitrogens is 2. The molecule has 0 aliphatic rings. The van der Waals surface area contributed by atoms with Crippen LogP contribution in [-0.4, -0.2) is 14.9 Å². The van der Waals surface area contributed by atoms with Crippen molar-refractivity contribution in [2.45, 2.75) is 9.92 Å². The maximum absolute atomic E-state index is 11.1. The van der Waals surface area contributed by atoms with Gasteiger partial charge in [0.15, 0.2) is 5.03 Å². The van der Waals surface area contributed by atoms with Crippen molar-refractivity contribution < 1.29 is 4.92 Å². The van der Waals surface area contributed by atoms with Gasteiger partial charge in [-0.15, -0.1) is 0 Å². The summed E-state index contributed by atoms with van der Waals surface area (Å²) in [6.07, 6.45) is 1.23. The van der Waals surface area contributed by atoms with Crippen molar-refractivity contribution in [1.29, 1.82) is 0 Å². The number of benzene rings is 2. The van der Waals surface area contributed by atoms with Gasteiger partial charge in [0.05, 0.1) is 4.92 Å². The topological polar surface area (TPSA) is 94.9 Å². The summed E-state index contributed by atoms with van der Waals surface area (Å²) in [5.41, 5.74) is 5.31. The molecule has 7 heteroatoms. The normalized spacial score (nSPS) is 10.7. The molecule has 0 saturated carbocycles. The molecule has 3 rings (SSSR count). The fraction of sp³-hybridized carbons (Fsp3) is 0. The molecule has 0 spiro atoms. The number of fused-ring (bicyclic) bond motifs is 1. The number of nitrogens with two attached hydrogens (primary N) is 1. The van der Waals surface area contributed by atoms with Crippen LogP contribution in [0.4, 0.5) is 11.5 Å². The average molecular weight is 298 g/mol. The molecular weight excluding hydrogens is 288 g/mol. The molecule has 3 aromatic rings. The predicted molar refractivity (Wildman–Crippen MR) is 81.2 cm³/mol. The predicted octanol–water partition coefficient (Wildman–Crippen LogP) is 3.27.